The van der Waals surface area contributed by atoms with Crippen LogP contribution in [0.4, 0.5) is 5.69 Å². The van der Waals surface area contributed by atoms with E-state index >= 15 is 0 Å². The molecular weight excluding hydrogens is 357 g/mol. The number of hydrogen-bond acceptors (Lipinski definition) is 4. The largest absolute Gasteiger partial charge is 0.399 e. The van der Waals surface area contributed by atoms with Crippen LogP contribution in [-0.4, -0.2) is 10.9 Å². The van der Waals surface area contributed by atoms with Gasteiger partial charge in [0.1, 0.15) is 0 Å². The predicted molar refractivity (Wildman–Crippen MR) is 89.1 cm³/mol. The molecular formula is C11H16BrCl2N3S. The zero-order valence-corrected chi connectivity index (χ0v) is 13.9. The molecule has 0 saturated heterocycles. The Morgan fingerprint density at radius 1 is 1.28 bits per heavy atom. The van der Waals surface area contributed by atoms with Crippen LogP contribution in [0.15, 0.2) is 27.7 Å². The summed E-state index contributed by atoms with van der Waals surface area (Å²) < 4.78 is 0.982. The number of aliphatic imine (C=N–C) groups is 1. The van der Waals surface area contributed by atoms with Gasteiger partial charge in [0, 0.05) is 15.9 Å². The maximum atomic E-state index is 5.84. The van der Waals surface area contributed by atoms with Crippen molar-refractivity contribution in [3.63, 3.8) is 0 Å². The number of rotatable bonds is 1. The molecule has 0 fully saturated rings. The highest BCUT2D eigenvalue weighted by Crippen LogP contribution is 2.36. The standard InChI is InChI=1S/C11H14BrN3S.2ClH/c1-11(2-3-16-10(14)15-11)7-4-8(12)6-9(13)5-7;;/h4-6H,2-3,13H2,1H3,(H2,14,15);2*1H. The zero-order chi connectivity index (χ0) is 11.8. The SMILES string of the molecule is CC1(c2cc(N)cc(Br)c2)CCSC(N)=N1.Cl.Cl. The first-order valence-electron chi connectivity index (χ1n) is 5.04. The summed E-state index contributed by atoms with van der Waals surface area (Å²) in [6.45, 7) is 2.10. The van der Waals surface area contributed by atoms with Gasteiger partial charge in [0.05, 0.1) is 5.54 Å². The average molecular weight is 373 g/mol. The first kappa shape index (κ1) is 17.9. The van der Waals surface area contributed by atoms with Crippen molar-refractivity contribution in [1.29, 1.82) is 0 Å². The summed E-state index contributed by atoms with van der Waals surface area (Å²) >= 11 is 5.06. The maximum absolute atomic E-state index is 5.84. The summed E-state index contributed by atoms with van der Waals surface area (Å²) in [5, 5.41) is 0.660. The van der Waals surface area contributed by atoms with Crippen LogP contribution in [-0.2, 0) is 5.54 Å². The van der Waals surface area contributed by atoms with Crippen LogP contribution in [0.5, 0.6) is 0 Å². The monoisotopic (exact) mass is 371 g/mol. The fraction of sp³-hybridized carbons (Fsp3) is 0.364. The van der Waals surface area contributed by atoms with Gasteiger partial charge in [-0.3, -0.25) is 4.99 Å². The number of anilines is 1. The third-order valence-electron chi connectivity index (χ3n) is 2.74. The Morgan fingerprint density at radius 2 is 1.94 bits per heavy atom. The summed E-state index contributed by atoms with van der Waals surface area (Å²) in [4.78, 5) is 4.55. The number of nitrogens with zero attached hydrogens (tertiary/aromatic N) is 1. The second kappa shape index (κ2) is 6.89. The van der Waals surface area contributed by atoms with E-state index in [2.05, 4.69) is 33.9 Å². The van der Waals surface area contributed by atoms with Crippen molar-refractivity contribution in [3.8, 4) is 0 Å². The van der Waals surface area contributed by atoms with Crippen LogP contribution >= 0.6 is 52.5 Å². The van der Waals surface area contributed by atoms with E-state index in [0.29, 0.717) is 5.17 Å². The molecule has 7 heteroatoms. The molecule has 1 aromatic rings. The summed E-state index contributed by atoms with van der Waals surface area (Å²) in [6, 6.07) is 5.91. The first-order valence-corrected chi connectivity index (χ1v) is 6.82. The third-order valence-corrected chi connectivity index (χ3v) is 3.99. The van der Waals surface area contributed by atoms with Crippen molar-refractivity contribution >= 4 is 63.4 Å². The number of hydrogen-bond donors (Lipinski definition) is 2. The van der Waals surface area contributed by atoms with Crippen molar-refractivity contribution in [2.45, 2.75) is 18.9 Å². The lowest BCUT2D eigenvalue weighted by Gasteiger charge is -2.30. The van der Waals surface area contributed by atoms with Crippen LogP contribution in [0.1, 0.15) is 18.9 Å². The average Bonchev–Trinajstić information content (AvgIpc) is 2.15. The molecule has 3 nitrogen and oxygen atoms in total. The summed E-state index contributed by atoms with van der Waals surface area (Å²) in [5.41, 5.74) is 13.3. The van der Waals surface area contributed by atoms with E-state index in [-0.39, 0.29) is 30.4 Å². The number of thioether (sulfide) groups is 1. The highest BCUT2D eigenvalue weighted by Gasteiger charge is 2.29. The molecule has 1 aliphatic rings. The van der Waals surface area contributed by atoms with E-state index in [1.807, 2.05) is 12.1 Å². The van der Waals surface area contributed by atoms with E-state index in [1.165, 1.54) is 0 Å². The zero-order valence-electron chi connectivity index (χ0n) is 9.85. The maximum Gasteiger partial charge on any atom is 0.154 e. The van der Waals surface area contributed by atoms with Crippen molar-refractivity contribution in [2.75, 3.05) is 11.5 Å². The van der Waals surface area contributed by atoms with E-state index in [0.717, 1.165) is 27.9 Å². The molecule has 1 aromatic carbocycles. The lowest BCUT2D eigenvalue weighted by molar-refractivity contribution is 0.482. The molecule has 0 amide bonds. The quantitative estimate of drug-likeness (QED) is 0.741. The van der Waals surface area contributed by atoms with E-state index in [9.17, 15) is 0 Å². The lowest BCUT2D eigenvalue weighted by atomic mass is 9.89. The van der Waals surface area contributed by atoms with Gasteiger partial charge in [-0.1, -0.05) is 27.7 Å². The molecule has 1 unspecified atom stereocenters. The molecule has 1 atom stereocenters. The molecule has 4 N–H and O–H groups in total. The Labute approximate surface area is 132 Å². The van der Waals surface area contributed by atoms with Gasteiger partial charge >= 0.3 is 0 Å². The van der Waals surface area contributed by atoms with Gasteiger partial charge in [0.2, 0.25) is 0 Å². The van der Waals surface area contributed by atoms with Gasteiger partial charge in [0.15, 0.2) is 5.17 Å². The Kier molecular flexibility index (Phi) is 6.85. The topological polar surface area (TPSA) is 64.4 Å². The molecule has 0 radical (unpaired) electrons. The highest BCUT2D eigenvalue weighted by molar-refractivity contribution is 9.10. The number of nitrogens with two attached hydrogens (primary N) is 2. The van der Waals surface area contributed by atoms with Gasteiger partial charge < -0.3 is 11.5 Å². The smallest absolute Gasteiger partial charge is 0.154 e. The van der Waals surface area contributed by atoms with E-state index < -0.39 is 0 Å². The lowest BCUT2D eigenvalue weighted by Crippen LogP contribution is -2.28. The van der Waals surface area contributed by atoms with Gasteiger partial charge in [0.25, 0.3) is 0 Å². The second-order valence-electron chi connectivity index (χ2n) is 4.10. The number of benzene rings is 1. The molecule has 0 aromatic heterocycles. The third kappa shape index (κ3) is 3.95. The Bertz CT molecular complexity index is 436. The number of amidine groups is 1. The second-order valence-corrected chi connectivity index (χ2v) is 6.13. The molecule has 1 aliphatic heterocycles. The fourth-order valence-corrected chi connectivity index (χ4v) is 3.30. The van der Waals surface area contributed by atoms with Crippen LogP contribution in [0.2, 0.25) is 0 Å². The Hall–Kier alpha value is -0.100. The van der Waals surface area contributed by atoms with Crippen LogP contribution in [0, 0.1) is 0 Å². The molecule has 0 bridgehead atoms. The highest BCUT2D eigenvalue weighted by atomic mass is 79.9. The van der Waals surface area contributed by atoms with Gasteiger partial charge in [-0.15, -0.1) is 24.8 Å². The molecule has 102 valence electrons. The number of nitrogen functional groups attached to an aromatic ring is 1. The van der Waals surface area contributed by atoms with Gasteiger partial charge in [-0.25, -0.2) is 0 Å². The van der Waals surface area contributed by atoms with Crippen molar-refractivity contribution in [3.05, 3.63) is 28.2 Å². The normalized spacial score (nSPS) is 22.4. The molecule has 2 rings (SSSR count). The van der Waals surface area contributed by atoms with Crippen LogP contribution in [0.25, 0.3) is 0 Å². The van der Waals surface area contributed by atoms with E-state index in [1.54, 1.807) is 11.8 Å². The Balaban J connectivity index is 0.00000144. The summed E-state index contributed by atoms with van der Waals surface area (Å²) in [7, 11) is 0. The summed E-state index contributed by atoms with van der Waals surface area (Å²) in [6.07, 6.45) is 0.980. The molecule has 0 saturated carbocycles. The summed E-state index contributed by atoms with van der Waals surface area (Å²) in [5.74, 6) is 0.998. The van der Waals surface area contributed by atoms with Crippen LogP contribution < -0.4 is 11.5 Å². The minimum Gasteiger partial charge on any atom is -0.399 e. The Morgan fingerprint density at radius 3 is 2.50 bits per heavy atom. The predicted octanol–water partition coefficient (Wildman–Crippen LogP) is 3.54. The molecule has 0 spiro atoms. The van der Waals surface area contributed by atoms with Crippen molar-refractivity contribution in [2.24, 2.45) is 10.7 Å². The first-order chi connectivity index (χ1) is 7.49. The minimum atomic E-state index is -0.243. The minimum absolute atomic E-state index is 0. The van der Waals surface area contributed by atoms with Crippen LogP contribution in [0.3, 0.4) is 0 Å². The fourth-order valence-electron chi connectivity index (χ4n) is 1.82. The van der Waals surface area contributed by atoms with Crippen molar-refractivity contribution < 1.29 is 0 Å². The number of halogens is 3. The molecule has 18 heavy (non-hydrogen) atoms. The molecule has 0 aliphatic carbocycles. The van der Waals surface area contributed by atoms with Gasteiger partial charge in [-0.05, 0) is 37.1 Å². The van der Waals surface area contributed by atoms with Gasteiger partial charge in [-0.2, -0.15) is 0 Å². The van der Waals surface area contributed by atoms with E-state index in [4.69, 9.17) is 11.5 Å². The molecule has 1 heterocycles. The van der Waals surface area contributed by atoms with Crippen molar-refractivity contribution in [1.82, 2.24) is 0 Å².